The summed E-state index contributed by atoms with van der Waals surface area (Å²) in [5.41, 5.74) is 0.698. The lowest BCUT2D eigenvalue weighted by Crippen LogP contribution is -2.39. The van der Waals surface area contributed by atoms with Gasteiger partial charge in [0.15, 0.2) is 11.5 Å². The highest BCUT2D eigenvalue weighted by molar-refractivity contribution is 7.71. The summed E-state index contributed by atoms with van der Waals surface area (Å²) >= 11 is 5.36. The third-order valence-electron chi connectivity index (χ3n) is 4.58. The highest BCUT2D eigenvalue weighted by atomic mass is 32.1. The smallest absolute Gasteiger partial charge is 0.288 e. The van der Waals surface area contributed by atoms with E-state index in [0.29, 0.717) is 61.7 Å². The molecule has 1 saturated heterocycles. The van der Waals surface area contributed by atoms with Crippen LogP contribution in [0.4, 0.5) is 0 Å². The molecule has 0 radical (unpaired) electrons. The normalized spacial score (nSPS) is 17.3. The van der Waals surface area contributed by atoms with E-state index in [0.717, 1.165) is 19.4 Å². The average molecular weight is 424 g/mol. The highest BCUT2D eigenvalue weighted by Gasteiger charge is 2.21. The number of aliphatic hydroxyl groups is 1. The number of benzene rings is 1. The van der Waals surface area contributed by atoms with Gasteiger partial charge in [-0.3, -0.25) is 4.90 Å². The number of nitrogens with zero attached hydrogens (tertiary/aromatic N) is 3. The van der Waals surface area contributed by atoms with Gasteiger partial charge in [0.2, 0.25) is 11.6 Å². The lowest BCUT2D eigenvalue weighted by Gasteiger charge is -2.29. The fourth-order valence-electron chi connectivity index (χ4n) is 3.37. The molecule has 160 valence electrons. The molecular weight excluding hydrogens is 394 g/mol. The molecule has 1 N–H and O–H groups in total. The summed E-state index contributed by atoms with van der Waals surface area (Å²) < 4.78 is 24.7. The zero-order valence-corrected chi connectivity index (χ0v) is 18.0. The lowest BCUT2D eigenvalue weighted by molar-refractivity contribution is 0.0509. The Morgan fingerprint density at radius 1 is 1.14 bits per heavy atom. The molecule has 0 saturated carbocycles. The zero-order valence-electron chi connectivity index (χ0n) is 17.2. The topological polar surface area (TPSA) is 82.1 Å². The Hall–Kier alpha value is -2.10. The number of β-amino-alcohol motifs (C(OH)–C–C–N with tert-alkyl or cyclic N) is 1. The van der Waals surface area contributed by atoms with Crippen LogP contribution in [0.2, 0.25) is 0 Å². The van der Waals surface area contributed by atoms with Crippen LogP contribution in [-0.4, -0.2) is 58.8 Å². The van der Waals surface area contributed by atoms with Gasteiger partial charge in [0.05, 0.1) is 32.6 Å². The molecule has 9 heteroatoms. The first-order valence-corrected chi connectivity index (χ1v) is 10.5. The molecule has 1 aliphatic heterocycles. The number of ether oxygens (including phenoxy) is 3. The van der Waals surface area contributed by atoms with Crippen molar-refractivity contribution in [2.24, 2.45) is 0 Å². The van der Waals surface area contributed by atoms with E-state index >= 15 is 0 Å². The predicted octanol–water partition coefficient (Wildman–Crippen LogP) is 3.48. The summed E-state index contributed by atoms with van der Waals surface area (Å²) in [6, 6.07) is 3.65. The van der Waals surface area contributed by atoms with E-state index in [1.807, 2.05) is 32.9 Å². The number of rotatable bonds is 9. The van der Waals surface area contributed by atoms with E-state index in [2.05, 4.69) is 10.00 Å². The van der Waals surface area contributed by atoms with Crippen LogP contribution in [0.25, 0.3) is 11.5 Å². The Bertz CT molecular complexity index is 839. The van der Waals surface area contributed by atoms with Gasteiger partial charge in [0.1, 0.15) is 0 Å². The summed E-state index contributed by atoms with van der Waals surface area (Å²) in [6.45, 7) is 9.20. The van der Waals surface area contributed by atoms with E-state index in [-0.39, 0.29) is 10.9 Å². The highest BCUT2D eigenvalue weighted by Crippen LogP contribution is 2.41. The molecule has 1 aromatic heterocycles. The summed E-state index contributed by atoms with van der Waals surface area (Å²) in [6.07, 6.45) is 1.48. The number of hydrogen-bond acceptors (Lipinski definition) is 8. The Morgan fingerprint density at radius 3 is 2.38 bits per heavy atom. The van der Waals surface area contributed by atoms with Crippen molar-refractivity contribution in [3.05, 3.63) is 17.0 Å². The molecule has 2 aromatic rings. The van der Waals surface area contributed by atoms with Crippen molar-refractivity contribution in [1.29, 1.82) is 0 Å². The minimum absolute atomic E-state index is 0.282. The van der Waals surface area contributed by atoms with Crippen LogP contribution in [0.3, 0.4) is 0 Å². The van der Waals surface area contributed by atoms with Gasteiger partial charge < -0.3 is 23.7 Å². The minimum Gasteiger partial charge on any atom is -0.490 e. The summed E-state index contributed by atoms with van der Waals surface area (Å²) in [4.78, 5) is 2.40. The lowest BCUT2D eigenvalue weighted by atomic mass is 10.1. The fourth-order valence-corrected chi connectivity index (χ4v) is 3.55. The Kier molecular flexibility index (Phi) is 7.51. The third kappa shape index (κ3) is 5.29. The van der Waals surface area contributed by atoms with Crippen molar-refractivity contribution in [2.75, 3.05) is 32.9 Å². The maximum atomic E-state index is 9.88. The predicted molar refractivity (Wildman–Crippen MR) is 111 cm³/mol. The molecule has 1 aromatic carbocycles. The maximum absolute atomic E-state index is 9.88. The Morgan fingerprint density at radius 2 is 1.79 bits per heavy atom. The Balaban J connectivity index is 1.92. The van der Waals surface area contributed by atoms with E-state index in [1.54, 1.807) is 4.68 Å². The monoisotopic (exact) mass is 423 g/mol. The molecule has 2 heterocycles. The van der Waals surface area contributed by atoms with Gasteiger partial charge in [-0.15, -0.1) is 5.10 Å². The second kappa shape index (κ2) is 10.1. The van der Waals surface area contributed by atoms with Gasteiger partial charge in [-0.05, 0) is 58.0 Å². The van der Waals surface area contributed by atoms with Gasteiger partial charge in [-0.2, -0.15) is 0 Å². The number of piperidine rings is 1. The molecule has 1 aliphatic rings. The van der Waals surface area contributed by atoms with E-state index < -0.39 is 0 Å². The first-order chi connectivity index (χ1) is 14.0. The quantitative estimate of drug-likeness (QED) is 0.614. The zero-order chi connectivity index (χ0) is 20.8. The molecule has 1 atom stereocenters. The SMILES string of the molecule is CCOc1cc(-c2nn(CN3CCC[C@H](O)C3)c(=S)o2)cc(OCC)c1OCC. The molecule has 0 aliphatic carbocycles. The van der Waals surface area contributed by atoms with E-state index in [9.17, 15) is 5.11 Å². The fraction of sp³-hybridized carbons (Fsp3) is 0.600. The number of aromatic nitrogens is 2. The number of likely N-dealkylation sites (tertiary alicyclic amines) is 1. The summed E-state index contributed by atoms with van der Waals surface area (Å²) in [5.74, 6) is 2.10. The number of aliphatic hydroxyl groups excluding tert-OH is 1. The van der Waals surface area contributed by atoms with Gasteiger partial charge in [0, 0.05) is 18.7 Å². The van der Waals surface area contributed by atoms with Gasteiger partial charge >= 0.3 is 0 Å². The minimum atomic E-state index is -0.307. The summed E-state index contributed by atoms with van der Waals surface area (Å²) in [5, 5.41) is 14.4. The van der Waals surface area contributed by atoms with Crippen LogP contribution in [-0.2, 0) is 6.67 Å². The van der Waals surface area contributed by atoms with Crippen molar-refractivity contribution < 1.29 is 23.7 Å². The van der Waals surface area contributed by atoms with Crippen molar-refractivity contribution in [3.63, 3.8) is 0 Å². The molecule has 29 heavy (non-hydrogen) atoms. The van der Waals surface area contributed by atoms with Crippen LogP contribution in [0, 0.1) is 4.84 Å². The molecule has 0 spiro atoms. The largest absolute Gasteiger partial charge is 0.490 e. The van der Waals surface area contributed by atoms with Crippen LogP contribution in [0.5, 0.6) is 17.2 Å². The van der Waals surface area contributed by atoms with Crippen LogP contribution >= 0.6 is 12.2 Å². The first-order valence-electron chi connectivity index (χ1n) is 10.1. The average Bonchev–Trinajstić information content (AvgIpc) is 3.05. The molecule has 8 nitrogen and oxygen atoms in total. The standard InChI is InChI=1S/C20H29N3O5S/c1-4-25-16-10-14(11-17(26-5-2)18(16)27-6-3)19-21-23(20(29)28-19)13-22-9-7-8-15(24)12-22/h10-11,15,24H,4-9,12-13H2,1-3H3/t15-/m0/s1. The third-order valence-corrected chi connectivity index (χ3v) is 4.87. The van der Waals surface area contributed by atoms with E-state index in [1.165, 1.54) is 0 Å². The van der Waals surface area contributed by atoms with Crippen molar-refractivity contribution >= 4 is 12.2 Å². The first kappa shape index (κ1) is 21.6. The molecule has 3 rings (SSSR count). The van der Waals surface area contributed by atoms with Crippen molar-refractivity contribution in [3.8, 4) is 28.7 Å². The number of hydrogen-bond donors (Lipinski definition) is 1. The van der Waals surface area contributed by atoms with Crippen LogP contribution in [0.1, 0.15) is 33.6 Å². The summed E-state index contributed by atoms with van der Waals surface area (Å²) in [7, 11) is 0. The van der Waals surface area contributed by atoms with Crippen LogP contribution in [0.15, 0.2) is 16.5 Å². The second-order valence-corrected chi connectivity index (χ2v) is 7.14. The van der Waals surface area contributed by atoms with Gasteiger partial charge in [0.25, 0.3) is 4.84 Å². The molecule has 0 amide bonds. The van der Waals surface area contributed by atoms with Crippen molar-refractivity contribution in [2.45, 2.75) is 46.4 Å². The molecule has 0 bridgehead atoms. The van der Waals surface area contributed by atoms with Crippen molar-refractivity contribution in [1.82, 2.24) is 14.7 Å². The van der Waals surface area contributed by atoms with Crippen LogP contribution < -0.4 is 14.2 Å². The van der Waals surface area contributed by atoms with Gasteiger partial charge in [-0.25, -0.2) is 4.68 Å². The second-order valence-electron chi connectivity index (χ2n) is 6.79. The molecule has 0 unspecified atom stereocenters. The van der Waals surface area contributed by atoms with Gasteiger partial charge in [-0.1, -0.05) is 0 Å². The molecule has 1 fully saturated rings. The Labute approximate surface area is 176 Å². The maximum Gasteiger partial charge on any atom is 0.288 e. The molecular formula is C20H29N3O5S. The van der Waals surface area contributed by atoms with E-state index in [4.69, 9.17) is 30.8 Å².